The van der Waals surface area contributed by atoms with Crippen molar-refractivity contribution >= 4 is 5.69 Å². The van der Waals surface area contributed by atoms with Crippen molar-refractivity contribution in [1.82, 2.24) is 4.98 Å². The maximum absolute atomic E-state index is 13.2. The summed E-state index contributed by atoms with van der Waals surface area (Å²) in [5, 5.41) is 2.25. The molecule has 2 rings (SSSR count). The summed E-state index contributed by atoms with van der Waals surface area (Å²) in [4.78, 5) is 2.46. The van der Waals surface area contributed by atoms with E-state index in [2.05, 4.69) is 10.3 Å². The minimum atomic E-state index is -1.69. The van der Waals surface area contributed by atoms with Gasteiger partial charge in [-0.05, 0) is 12.8 Å². The number of nitrogens with zero attached hydrogens (tertiary/aromatic N) is 1. The Labute approximate surface area is 113 Å². The first-order valence-electron chi connectivity index (χ1n) is 6.22. The Kier molecular flexibility index (Phi) is 5.13. The summed E-state index contributed by atoms with van der Waals surface area (Å²) in [6, 6.07) is 0. The lowest BCUT2D eigenvalue weighted by Crippen LogP contribution is -2.19. The smallest absolute Gasteiger partial charge is 0.253 e. The lowest BCUT2D eigenvalue weighted by atomic mass is 10.2. The van der Waals surface area contributed by atoms with Crippen LogP contribution >= 0.6 is 0 Å². The van der Waals surface area contributed by atoms with Crippen molar-refractivity contribution < 1.29 is 27.0 Å². The minimum absolute atomic E-state index is 0.00343. The molecule has 1 aromatic rings. The minimum Gasteiger partial charge on any atom is -0.378 e. The van der Waals surface area contributed by atoms with E-state index in [-0.39, 0.29) is 19.3 Å². The highest BCUT2D eigenvalue weighted by Gasteiger charge is 2.20. The number of pyridine rings is 1. The molecule has 0 aliphatic carbocycles. The fourth-order valence-electron chi connectivity index (χ4n) is 1.88. The van der Waals surface area contributed by atoms with Gasteiger partial charge in [0.2, 0.25) is 11.6 Å². The van der Waals surface area contributed by atoms with E-state index in [0.29, 0.717) is 13.2 Å². The van der Waals surface area contributed by atoms with Crippen LogP contribution in [-0.4, -0.2) is 37.5 Å². The summed E-state index contributed by atoms with van der Waals surface area (Å²) in [6.45, 7) is 1.22. The first-order valence-corrected chi connectivity index (χ1v) is 6.22. The largest absolute Gasteiger partial charge is 0.378 e. The third kappa shape index (κ3) is 3.57. The number of hydrogen-bond acceptors (Lipinski definition) is 4. The quantitative estimate of drug-likeness (QED) is 0.496. The highest BCUT2D eigenvalue weighted by atomic mass is 19.2. The van der Waals surface area contributed by atoms with Gasteiger partial charge >= 0.3 is 0 Å². The SMILES string of the molecule is Fc1nc(F)c(F)c(NCCOCC2CCCO2)c1F. The molecule has 8 heteroatoms. The molecule has 1 unspecified atom stereocenters. The maximum Gasteiger partial charge on any atom is 0.253 e. The van der Waals surface area contributed by atoms with Crippen molar-refractivity contribution in [3.63, 3.8) is 0 Å². The maximum atomic E-state index is 13.2. The van der Waals surface area contributed by atoms with E-state index < -0.39 is 29.2 Å². The molecule has 20 heavy (non-hydrogen) atoms. The van der Waals surface area contributed by atoms with Crippen LogP contribution in [0, 0.1) is 23.5 Å². The highest BCUT2D eigenvalue weighted by molar-refractivity contribution is 5.45. The first kappa shape index (κ1) is 15.0. The third-order valence-corrected chi connectivity index (χ3v) is 2.87. The van der Waals surface area contributed by atoms with Gasteiger partial charge < -0.3 is 14.8 Å². The van der Waals surface area contributed by atoms with E-state index in [1.54, 1.807) is 0 Å². The second-order valence-corrected chi connectivity index (χ2v) is 4.33. The molecule has 1 aromatic heterocycles. The van der Waals surface area contributed by atoms with Crippen molar-refractivity contribution in [2.75, 3.05) is 31.7 Å². The molecule has 0 aromatic carbocycles. The number of rotatable bonds is 6. The summed E-state index contributed by atoms with van der Waals surface area (Å²) in [5.41, 5.74) is -0.879. The van der Waals surface area contributed by atoms with E-state index in [0.717, 1.165) is 12.8 Å². The van der Waals surface area contributed by atoms with Gasteiger partial charge in [-0.2, -0.15) is 22.5 Å². The average Bonchev–Trinajstić information content (AvgIpc) is 2.93. The predicted molar refractivity (Wildman–Crippen MR) is 62.4 cm³/mol. The lowest BCUT2D eigenvalue weighted by molar-refractivity contribution is 0.0206. The van der Waals surface area contributed by atoms with Gasteiger partial charge in [0, 0.05) is 13.2 Å². The van der Waals surface area contributed by atoms with E-state index in [4.69, 9.17) is 9.47 Å². The first-order chi connectivity index (χ1) is 9.59. The van der Waals surface area contributed by atoms with E-state index in [1.165, 1.54) is 0 Å². The molecular formula is C12H14F4N2O2. The van der Waals surface area contributed by atoms with E-state index in [1.807, 2.05) is 0 Å². The van der Waals surface area contributed by atoms with Crippen LogP contribution in [0.4, 0.5) is 23.2 Å². The van der Waals surface area contributed by atoms with Gasteiger partial charge in [-0.15, -0.1) is 0 Å². The van der Waals surface area contributed by atoms with Gasteiger partial charge in [-0.1, -0.05) is 0 Å². The highest BCUT2D eigenvalue weighted by Crippen LogP contribution is 2.21. The van der Waals surface area contributed by atoms with Gasteiger partial charge in [-0.25, -0.2) is 0 Å². The van der Waals surface area contributed by atoms with Crippen LogP contribution in [-0.2, 0) is 9.47 Å². The van der Waals surface area contributed by atoms with Crippen molar-refractivity contribution in [1.29, 1.82) is 0 Å². The van der Waals surface area contributed by atoms with Crippen LogP contribution < -0.4 is 5.32 Å². The van der Waals surface area contributed by atoms with Crippen molar-refractivity contribution in [3.8, 4) is 0 Å². The molecular weight excluding hydrogens is 280 g/mol. The summed E-state index contributed by atoms with van der Waals surface area (Å²) < 4.78 is 62.7. The monoisotopic (exact) mass is 294 g/mol. The molecule has 0 spiro atoms. The van der Waals surface area contributed by atoms with Crippen LogP contribution in [0.15, 0.2) is 0 Å². The molecule has 0 radical (unpaired) electrons. The van der Waals surface area contributed by atoms with Gasteiger partial charge in [0.25, 0.3) is 11.9 Å². The zero-order valence-corrected chi connectivity index (χ0v) is 10.6. The molecule has 4 nitrogen and oxygen atoms in total. The standard InChI is InChI=1S/C12H14F4N2O2/c13-8-10(9(14)12(16)18-11(8)15)17-3-5-19-6-7-2-1-4-20-7/h7H,1-6H2,(H,17,18). The molecule has 1 fully saturated rings. The number of anilines is 1. The van der Waals surface area contributed by atoms with Crippen molar-refractivity contribution in [2.45, 2.75) is 18.9 Å². The lowest BCUT2D eigenvalue weighted by Gasteiger charge is -2.12. The average molecular weight is 294 g/mol. The van der Waals surface area contributed by atoms with Crippen molar-refractivity contribution in [2.24, 2.45) is 0 Å². The van der Waals surface area contributed by atoms with Crippen molar-refractivity contribution in [3.05, 3.63) is 23.5 Å². The van der Waals surface area contributed by atoms with Crippen LogP contribution in [0.5, 0.6) is 0 Å². The molecule has 1 atom stereocenters. The molecule has 0 saturated carbocycles. The Balaban J connectivity index is 1.79. The molecule has 0 amide bonds. The van der Waals surface area contributed by atoms with E-state index >= 15 is 0 Å². The molecule has 1 saturated heterocycles. The topological polar surface area (TPSA) is 43.4 Å². The summed E-state index contributed by atoms with van der Waals surface area (Å²) in [6.07, 6.45) is 1.94. The summed E-state index contributed by atoms with van der Waals surface area (Å²) >= 11 is 0. The Hall–Kier alpha value is -1.41. The van der Waals surface area contributed by atoms with Gasteiger partial charge in [0.1, 0.15) is 5.69 Å². The molecule has 1 aliphatic heterocycles. The normalized spacial score (nSPS) is 18.5. The van der Waals surface area contributed by atoms with Crippen LogP contribution in [0.25, 0.3) is 0 Å². The van der Waals surface area contributed by atoms with Gasteiger partial charge in [0.15, 0.2) is 0 Å². The molecule has 2 heterocycles. The fraction of sp³-hybridized carbons (Fsp3) is 0.583. The molecule has 1 N–H and O–H groups in total. The fourth-order valence-corrected chi connectivity index (χ4v) is 1.88. The Bertz CT molecular complexity index is 441. The number of ether oxygens (including phenoxy) is 2. The Morgan fingerprint density at radius 3 is 2.50 bits per heavy atom. The predicted octanol–water partition coefficient (Wildman–Crippen LogP) is 2.25. The zero-order valence-electron chi connectivity index (χ0n) is 10.6. The second-order valence-electron chi connectivity index (χ2n) is 4.33. The number of hydrogen-bond donors (Lipinski definition) is 1. The van der Waals surface area contributed by atoms with Crippen LogP contribution in [0.3, 0.4) is 0 Å². The number of nitrogens with one attached hydrogen (secondary N) is 1. The van der Waals surface area contributed by atoms with Crippen LogP contribution in [0.1, 0.15) is 12.8 Å². The number of aromatic nitrogens is 1. The molecule has 112 valence electrons. The van der Waals surface area contributed by atoms with E-state index in [9.17, 15) is 17.6 Å². The molecule has 1 aliphatic rings. The Morgan fingerprint density at radius 1 is 1.20 bits per heavy atom. The molecule has 0 bridgehead atoms. The van der Waals surface area contributed by atoms with Gasteiger partial charge in [0.05, 0.1) is 19.3 Å². The van der Waals surface area contributed by atoms with Crippen LogP contribution in [0.2, 0.25) is 0 Å². The second kappa shape index (κ2) is 6.85. The Morgan fingerprint density at radius 2 is 1.90 bits per heavy atom. The van der Waals surface area contributed by atoms with Gasteiger partial charge in [-0.3, -0.25) is 0 Å². The summed E-state index contributed by atoms with van der Waals surface area (Å²) in [7, 11) is 0. The summed E-state index contributed by atoms with van der Waals surface area (Å²) in [5.74, 6) is -6.48. The zero-order chi connectivity index (χ0) is 14.5. The third-order valence-electron chi connectivity index (χ3n) is 2.87. The number of halogens is 4.